The smallest absolute Gasteiger partial charge is 0.322 e. The van der Waals surface area contributed by atoms with E-state index < -0.39 is 56.5 Å². The van der Waals surface area contributed by atoms with Gasteiger partial charge in [-0.1, -0.05) is 0 Å². The van der Waals surface area contributed by atoms with Gasteiger partial charge in [0.05, 0.1) is 9.85 Å². The van der Waals surface area contributed by atoms with Crippen LogP contribution in [-0.2, 0) is 12.4 Å². The van der Waals surface area contributed by atoms with Gasteiger partial charge in [-0.15, -0.1) is 0 Å². The number of amides is 2. The molecule has 0 unspecified atom stereocenters. The Morgan fingerprint density at radius 3 is 1.18 bits per heavy atom. The van der Waals surface area contributed by atoms with E-state index in [4.69, 9.17) is 0 Å². The lowest BCUT2D eigenvalue weighted by Crippen LogP contribution is -2.15. The van der Waals surface area contributed by atoms with Gasteiger partial charge in [-0.25, -0.2) is 0 Å². The Balaban J connectivity index is 1.75. The van der Waals surface area contributed by atoms with Crippen molar-refractivity contribution in [2.24, 2.45) is 0 Å². The van der Waals surface area contributed by atoms with Crippen LogP contribution in [0.15, 0.2) is 60.7 Å². The Bertz CT molecular complexity index is 1330. The van der Waals surface area contributed by atoms with Crippen molar-refractivity contribution in [1.29, 1.82) is 0 Å². The SMILES string of the molecule is O=C(Nc1ccc(C(F)(F)F)c([N+](=O)[O-])c1)c1ccc(C(=O)Nc2ccc(C(F)(F)F)c([N+](=O)[O-])c2)cc1. The molecule has 0 fully saturated rings. The molecule has 0 saturated heterocycles. The van der Waals surface area contributed by atoms with E-state index in [9.17, 15) is 56.2 Å². The fourth-order valence-electron chi connectivity index (χ4n) is 3.18. The third kappa shape index (κ3) is 6.21. The number of halogens is 6. The minimum atomic E-state index is -4.99. The van der Waals surface area contributed by atoms with E-state index in [1.165, 1.54) is 0 Å². The van der Waals surface area contributed by atoms with Gasteiger partial charge in [0, 0.05) is 34.6 Å². The van der Waals surface area contributed by atoms with Gasteiger partial charge < -0.3 is 10.6 Å². The van der Waals surface area contributed by atoms with Gasteiger partial charge in [-0.05, 0) is 48.5 Å². The quantitative estimate of drug-likeness (QED) is 0.221. The zero-order chi connectivity index (χ0) is 28.4. The summed E-state index contributed by atoms with van der Waals surface area (Å²) in [6, 6.07) is 8.07. The average Bonchev–Trinajstić information content (AvgIpc) is 2.82. The Kier molecular flexibility index (Phi) is 7.37. The molecular weight excluding hydrogens is 530 g/mol. The van der Waals surface area contributed by atoms with E-state index in [-0.39, 0.29) is 22.5 Å². The van der Waals surface area contributed by atoms with E-state index >= 15 is 0 Å². The number of benzene rings is 3. The first-order chi connectivity index (χ1) is 17.6. The van der Waals surface area contributed by atoms with Gasteiger partial charge >= 0.3 is 12.4 Å². The summed E-state index contributed by atoms with van der Waals surface area (Å²) in [5.41, 5.74) is -6.37. The van der Waals surface area contributed by atoms with Crippen molar-refractivity contribution in [1.82, 2.24) is 0 Å². The first-order valence-corrected chi connectivity index (χ1v) is 10.0. The standard InChI is InChI=1S/C22H12F6N4O6/c23-21(24,25)15-7-5-13(9-17(15)31(35)36)29-19(33)11-1-2-12(4-3-11)20(34)30-14-6-8-16(22(26,27)28)18(10-14)32(37)38/h1-10H,(H,29,33)(H,30,34). The molecule has 0 heterocycles. The van der Waals surface area contributed by atoms with Gasteiger partial charge in [0.15, 0.2) is 0 Å². The highest BCUT2D eigenvalue weighted by molar-refractivity contribution is 6.07. The van der Waals surface area contributed by atoms with Crippen LogP contribution < -0.4 is 10.6 Å². The lowest BCUT2D eigenvalue weighted by atomic mass is 10.1. The Morgan fingerprint density at radius 2 is 0.921 bits per heavy atom. The highest BCUT2D eigenvalue weighted by atomic mass is 19.4. The van der Waals surface area contributed by atoms with Crippen molar-refractivity contribution in [3.63, 3.8) is 0 Å². The number of hydrogen-bond acceptors (Lipinski definition) is 6. The molecule has 0 bridgehead atoms. The molecule has 16 heteroatoms. The molecule has 0 spiro atoms. The maximum Gasteiger partial charge on any atom is 0.423 e. The highest BCUT2D eigenvalue weighted by Crippen LogP contribution is 2.38. The fraction of sp³-hybridized carbons (Fsp3) is 0.0909. The molecule has 10 nitrogen and oxygen atoms in total. The van der Waals surface area contributed by atoms with Gasteiger partial charge in [0.25, 0.3) is 23.2 Å². The number of nitrogens with one attached hydrogen (secondary N) is 2. The summed E-state index contributed by atoms with van der Waals surface area (Å²) in [6.45, 7) is 0. The molecule has 0 aliphatic rings. The second-order valence-corrected chi connectivity index (χ2v) is 7.46. The molecule has 0 radical (unpaired) electrons. The van der Waals surface area contributed by atoms with E-state index in [1.807, 2.05) is 0 Å². The predicted octanol–water partition coefficient (Wildman–Crippen LogP) is 6.05. The number of rotatable bonds is 6. The van der Waals surface area contributed by atoms with Gasteiger partial charge in [-0.3, -0.25) is 29.8 Å². The fourth-order valence-corrected chi connectivity index (χ4v) is 3.18. The molecule has 2 amide bonds. The third-order valence-corrected chi connectivity index (χ3v) is 4.92. The normalized spacial score (nSPS) is 11.5. The Morgan fingerprint density at radius 1 is 0.605 bits per heavy atom. The topological polar surface area (TPSA) is 144 Å². The van der Waals surface area contributed by atoms with Crippen LogP contribution in [0, 0.1) is 20.2 Å². The lowest BCUT2D eigenvalue weighted by molar-refractivity contribution is -0.388. The third-order valence-electron chi connectivity index (χ3n) is 4.92. The number of nitro groups is 2. The second kappa shape index (κ2) is 10.2. The molecule has 3 aromatic carbocycles. The molecular formula is C22H12F6N4O6. The van der Waals surface area contributed by atoms with Crippen LogP contribution in [0.4, 0.5) is 49.1 Å². The van der Waals surface area contributed by atoms with Crippen LogP contribution >= 0.6 is 0 Å². The van der Waals surface area contributed by atoms with Crippen molar-refractivity contribution in [3.05, 3.63) is 103 Å². The minimum Gasteiger partial charge on any atom is -0.322 e. The van der Waals surface area contributed by atoms with Crippen molar-refractivity contribution in [2.75, 3.05) is 10.6 Å². The van der Waals surface area contributed by atoms with Crippen molar-refractivity contribution in [2.45, 2.75) is 12.4 Å². The van der Waals surface area contributed by atoms with Crippen LogP contribution in [0.1, 0.15) is 31.8 Å². The second-order valence-electron chi connectivity index (χ2n) is 7.46. The molecule has 0 atom stereocenters. The molecule has 0 saturated carbocycles. The molecule has 0 aliphatic heterocycles. The van der Waals surface area contributed by atoms with Crippen molar-refractivity contribution in [3.8, 4) is 0 Å². The molecule has 0 aromatic heterocycles. The summed E-state index contributed by atoms with van der Waals surface area (Å²) >= 11 is 0. The first kappa shape index (κ1) is 27.6. The molecule has 3 rings (SSSR count). The Labute approximate surface area is 207 Å². The van der Waals surface area contributed by atoms with Gasteiger partial charge in [0.1, 0.15) is 11.1 Å². The summed E-state index contributed by atoms with van der Waals surface area (Å²) in [4.78, 5) is 44.3. The zero-order valence-electron chi connectivity index (χ0n) is 18.4. The van der Waals surface area contributed by atoms with E-state index in [0.29, 0.717) is 24.3 Å². The number of carbonyl (C=O) groups excluding carboxylic acids is 2. The number of hydrogen-bond donors (Lipinski definition) is 2. The summed E-state index contributed by atoms with van der Waals surface area (Å²) in [7, 11) is 0. The Hall–Kier alpha value is -5.02. The summed E-state index contributed by atoms with van der Waals surface area (Å²) in [5, 5.41) is 26.4. The van der Waals surface area contributed by atoms with Crippen molar-refractivity contribution >= 4 is 34.6 Å². The average molecular weight is 542 g/mol. The number of anilines is 2. The maximum absolute atomic E-state index is 12.9. The molecule has 0 aliphatic carbocycles. The van der Waals surface area contributed by atoms with Crippen LogP contribution in [0.3, 0.4) is 0 Å². The van der Waals surface area contributed by atoms with Gasteiger partial charge in [-0.2, -0.15) is 26.3 Å². The minimum absolute atomic E-state index is 0.103. The number of alkyl halides is 6. The summed E-state index contributed by atoms with van der Waals surface area (Å²) < 4.78 is 77.6. The van der Waals surface area contributed by atoms with E-state index in [0.717, 1.165) is 36.4 Å². The lowest BCUT2D eigenvalue weighted by Gasteiger charge is -2.11. The monoisotopic (exact) mass is 542 g/mol. The number of nitrogens with zero attached hydrogens (tertiary/aromatic N) is 2. The van der Waals surface area contributed by atoms with E-state index in [1.54, 1.807) is 0 Å². The van der Waals surface area contributed by atoms with Gasteiger partial charge in [0.2, 0.25) is 0 Å². The van der Waals surface area contributed by atoms with Crippen molar-refractivity contribution < 1.29 is 45.8 Å². The number of carbonyl (C=O) groups is 2. The molecule has 3 aromatic rings. The first-order valence-electron chi connectivity index (χ1n) is 10.0. The zero-order valence-corrected chi connectivity index (χ0v) is 18.4. The van der Waals surface area contributed by atoms with Crippen LogP contribution in [0.5, 0.6) is 0 Å². The molecule has 38 heavy (non-hydrogen) atoms. The van der Waals surface area contributed by atoms with Crippen LogP contribution in [-0.4, -0.2) is 21.7 Å². The molecule has 2 N–H and O–H groups in total. The summed E-state index contributed by atoms with van der Waals surface area (Å²) in [5.74, 6) is -1.77. The van der Waals surface area contributed by atoms with Crippen LogP contribution in [0.25, 0.3) is 0 Å². The summed E-state index contributed by atoms with van der Waals surface area (Å²) in [6.07, 6.45) is -9.99. The van der Waals surface area contributed by atoms with E-state index in [2.05, 4.69) is 10.6 Å². The number of nitro benzene ring substituents is 2. The van der Waals surface area contributed by atoms with Crippen LogP contribution in [0.2, 0.25) is 0 Å². The largest absolute Gasteiger partial charge is 0.423 e. The maximum atomic E-state index is 12.9. The highest BCUT2D eigenvalue weighted by Gasteiger charge is 2.39. The predicted molar refractivity (Wildman–Crippen MR) is 119 cm³/mol. The molecule has 198 valence electrons.